The zero-order chi connectivity index (χ0) is 13.1. The first-order valence-corrected chi connectivity index (χ1v) is 6.72. The van der Waals surface area contributed by atoms with E-state index in [1.807, 2.05) is 24.4 Å². The number of hydrogen-bond acceptors (Lipinski definition) is 2. The van der Waals surface area contributed by atoms with Crippen molar-refractivity contribution in [3.05, 3.63) is 60.2 Å². The Morgan fingerprint density at radius 2 is 1.89 bits per heavy atom. The van der Waals surface area contributed by atoms with E-state index in [9.17, 15) is 0 Å². The lowest BCUT2D eigenvalue weighted by molar-refractivity contribution is 0.665. The lowest BCUT2D eigenvalue weighted by Crippen LogP contribution is -2.06. The van der Waals surface area contributed by atoms with Gasteiger partial charge in [0.2, 0.25) is 0 Å². The first-order valence-electron chi connectivity index (χ1n) is 6.72. The van der Waals surface area contributed by atoms with Gasteiger partial charge < -0.3 is 4.57 Å². The molecular weight excluding hydrogens is 234 g/mol. The molecule has 2 aromatic heterocycles. The molecule has 3 nitrogen and oxygen atoms in total. The van der Waals surface area contributed by atoms with Crippen molar-refractivity contribution in [2.75, 3.05) is 0 Å². The summed E-state index contributed by atoms with van der Waals surface area (Å²) < 4.78 is 2.31. The Bertz CT molecular complexity index is 671. The molecule has 0 fully saturated rings. The minimum Gasteiger partial charge on any atom is -0.328 e. The summed E-state index contributed by atoms with van der Waals surface area (Å²) in [6, 6.07) is 14.4. The van der Waals surface area contributed by atoms with Crippen LogP contribution in [-0.4, -0.2) is 14.5 Å². The Hall–Kier alpha value is -2.16. The molecule has 2 heterocycles. The monoisotopic (exact) mass is 251 g/mol. The molecule has 1 aromatic carbocycles. The van der Waals surface area contributed by atoms with Crippen molar-refractivity contribution < 1.29 is 0 Å². The Balaban J connectivity index is 1.91. The normalized spacial score (nSPS) is 11.0. The van der Waals surface area contributed by atoms with Gasteiger partial charge in [0.1, 0.15) is 5.82 Å². The lowest BCUT2D eigenvalue weighted by Gasteiger charge is -2.07. The maximum absolute atomic E-state index is 4.69. The minimum atomic E-state index is 0.931. The summed E-state index contributed by atoms with van der Waals surface area (Å²) in [6.45, 7) is 3.08. The third-order valence-electron chi connectivity index (χ3n) is 3.37. The number of para-hydroxylation sites is 2. The molecule has 96 valence electrons. The standard InChI is InChI=1S/C16H17N3/c1-2-16-18-14-8-3-4-9-15(14)19(16)12-10-13-7-5-6-11-17-13/h3-9,11H,2,10,12H2,1H3. The van der Waals surface area contributed by atoms with Crippen LogP contribution in [0.2, 0.25) is 0 Å². The van der Waals surface area contributed by atoms with Crippen LogP contribution < -0.4 is 0 Å². The smallest absolute Gasteiger partial charge is 0.109 e. The van der Waals surface area contributed by atoms with Crippen molar-refractivity contribution in [2.24, 2.45) is 0 Å². The fourth-order valence-electron chi connectivity index (χ4n) is 2.42. The highest BCUT2D eigenvalue weighted by Gasteiger charge is 2.08. The van der Waals surface area contributed by atoms with E-state index in [4.69, 9.17) is 0 Å². The topological polar surface area (TPSA) is 30.7 Å². The SMILES string of the molecule is CCc1nc2ccccc2n1CCc1ccccn1. The van der Waals surface area contributed by atoms with E-state index >= 15 is 0 Å². The summed E-state index contributed by atoms with van der Waals surface area (Å²) >= 11 is 0. The maximum Gasteiger partial charge on any atom is 0.109 e. The molecule has 3 aromatic rings. The van der Waals surface area contributed by atoms with Crippen molar-refractivity contribution >= 4 is 11.0 Å². The number of imidazole rings is 1. The molecule has 0 saturated heterocycles. The number of aromatic nitrogens is 3. The predicted octanol–water partition coefficient (Wildman–Crippen LogP) is 3.24. The molecule has 0 amide bonds. The quantitative estimate of drug-likeness (QED) is 0.712. The van der Waals surface area contributed by atoms with E-state index in [-0.39, 0.29) is 0 Å². The molecule has 0 aliphatic rings. The van der Waals surface area contributed by atoms with E-state index in [1.54, 1.807) is 0 Å². The van der Waals surface area contributed by atoms with Crippen LogP contribution in [0, 0.1) is 0 Å². The summed E-state index contributed by atoms with van der Waals surface area (Å²) in [7, 11) is 0. The van der Waals surface area contributed by atoms with Gasteiger partial charge in [-0.05, 0) is 24.3 Å². The van der Waals surface area contributed by atoms with Crippen LogP contribution in [-0.2, 0) is 19.4 Å². The third-order valence-corrected chi connectivity index (χ3v) is 3.37. The number of rotatable bonds is 4. The minimum absolute atomic E-state index is 0.931. The van der Waals surface area contributed by atoms with Crippen molar-refractivity contribution in [2.45, 2.75) is 26.3 Å². The summed E-state index contributed by atoms with van der Waals surface area (Å²) in [6.07, 6.45) is 3.74. The molecule has 0 bridgehead atoms. The fourth-order valence-corrected chi connectivity index (χ4v) is 2.42. The average molecular weight is 251 g/mol. The average Bonchev–Trinajstić information content (AvgIpc) is 2.84. The first-order chi connectivity index (χ1) is 9.38. The molecule has 3 heteroatoms. The van der Waals surface area contributed by atoms with Gasteiger partial charge in [-0.15, -0.1) is 0 Å². The third kappa shape index (κ3) is 2.36. The van der Waals surface area contributed by atoms with Gasteiger partial charge in [-0.3, -0.25) is 4.98 Å². The van der Waals surface area contributed by atoms with Gasteiger partial charge in [0.25, 0.3) is 0 Å². The number of hydrogen-bond donors (Lipinski definition) is 0. The second-order valence-corrected chi connectivity index (χ2v) is 4.59. The molecule has 0 aliphatic carbocycles. The second-order valence-electron chi connectivity index (χ2n) is 4.59. The summed E-state index contributed by atoms with van der Waals surface area (Å²) in [5, 5.41) is 0. The Morgan fingerprint density at radius 1 is 1.05 bits per heavy atom. The highest BCUT2D eigenvalue weighted by Crippen LogP contribution is 2.17. The molecule has 19 heavy (non-hydrogen) atoms. The van der Waals surface area contributed by atoms with Crippen molar-refractivity contribution in [3.63, 3.8) is 0 Å². The maximum atomic E-state index is 4.69. The van der Waals surface area contributed by atoms with Crippen LogP contribution in [0.5, 0.6) is 0 Å². The van der Waals surface area contributed by atoms with Crippen LogP contribution in [0.15, 0.2) is 48.7 Å². The zero-order valence-electron chi connectivity index (χ0n) is 11.1. The van der Waals surface area contributed by atoms with Crippen LogP contribution in [0.25, 0.3) is 11.0 Å². The molecule has 0 saturated carbocycles. The summed E-state index contributed by atoms with van der Waals surface area (Å²) in [5.74, 6) is 1.15. The van der Waals surface area contributed by atoms with Gasteiger partial charge in [-0.1, -0.05) is 25.1 Å². The Morgan fingerprint density at radius 3 is 2.68 bits per heavy atom. The number of aryl methyl sites for hydroxylation is 3. The van der Waals surface area contributed by atoms with Gasteiger partial charge >= 0.3 is 0 Å². The molecule has 0 atom stereocenters. The lowest BCUT2D eigenvalue weighted by atomic mass is 10.2. The predicted molar refractivity (Wildman–Crippen MR) is 77.1 cm³/mol. The van der Waals surface area contributed by atoms with Crippen LogP contribution in [0.1, 0.15) is 18.4 Å². The molecule has 3 rings (SSSR count). The molecule has 0 N–H and O–H groups in total. The highest BCUT2D eigenvalue weighted by atomic mass is 15.1. The molecule has 0 spiro atoms. The number of fused-ring (bicyclic) bond motifs is 1. The van der Waals surface area contributed by atoms with E-state index < -0.39 is 0 Å². The first kappa shape index (κ1) is 11.9. The summed E-state index contributed by atoms with van der Waals surface area (Å²) in [4.78, 5) is 9.07. The van der Waals surface area contributed by atoms with Crippen molar-refractivity contribution in [3.8, 4) is 0 Å². The second kappa shape index (κ2) is 5.22. The zero-order valence-corrected chi connectivity index (χ0v) is 11.1. The van der Waals surface area contributed by atoms with Crippen molar-refractivity contribution in [1.82, 2.24) is 14.5 Å². The van der Waals surface area contributed by atoms with Crippen LogP contribution in [0.3, 0.4) is 0 Å². The highest BCUT2D eigenvalue weighted by molar-refractivity contribution is 5.75. The van der Waals surface area contributed by atoms with E-state index in [0.717, 1.165) is 36.4 Å². The number of benzene rings is 1. The van der Waals surface area contributed by atoms with E-state index in [1.165, 1.54) is 5.52 Å². The largest absolute Gasteiger partial charge is 0.328 e. The van der Waals surface area contributed by atoms with E-state index in [2.05, 4.69) is 45.7 Å². The number of pyridine rings is 1. The molecule has 0 radical (unpaired) electrons. The Labute approximate surface area is 112 Å². The number of nitrogens with zero attached hydrogens (tertiary/aromatic N) is 3. The molecular formula is C16H17N3. The Kier molecular flexibility index (Phi) is 3.27. The van der Waals surface area contributed by atoms with Gasteiger partial charge in [0.05, 0.1) is 11.0 Å². The summed E-state index contributed by atoms with van der Waals surface area (Å²) in [5.41, 5.74) is 3.43. The van der Waals surface area contributed by atoms with E-state index in [0.29, 0.717) is 0 Å². The van der Waals surface area contributed by atoms with Gasteiger partial charge in [0, 0.05) is 31.3 Å². The van der Waals surface area contributed by atoms with Crippen molar-refractivity contribution in [1.29, 1.82) is 0 Å². The van der Waals surface area contributed by atoms with Crippen LogP contribution >= 0.6 is 0 Å². The van der Waals surface area contributed by atoms with Gasteiger partial charge in [-0.2, -0.15) is 0 Å². The van der Waals surface area contributed by atoms with Crippen LogP contribution in [0.4, 0.5) is 0 Å². The van der Waals surface area contributed by atoms with Gasteiger partial charge in [0.15, 0.2) is 0 Å². The molecule has 0 unspecified atom stereocenters. The van der Waals surface area contributed by atoms with Gasteiger partial charge in [-0.25, -0.2) is 4.98 Å². The fraction of sp³-hybridized carbons (Fsp3) is 0.250. The molecule has 0 aliphatic heterocycles.